The summed E-state index contributed by atoms with van der Waals surface area (Å²) in [5.41, 5.74) is 2.81. The van der Waals surface area contributed by atoms with Gasteiger partial charge in [-0.05, 0) is 20.3 Å². The molecule has 0 saturated carbocycles. The predicted octanol–water partition coefficient (Wildman–Crippen LogP) is 0.000140. The molecule has 0 bridgehead atoms. The highest BCUT2D eigenvalue weighted by Crippen LogP contribution is 2.16. The second kappa shape index (κ2) is 8.11. The van der Waals surface area contributed by atoms with Crippen molar-refractivity contribution in [3.05, 3.63) is 17.0 Å². The van der Waals surface area contributed by atoms with Crippen LogP contribution in [-0.4, -0.2) is 58.8 Å². The number of imide groups is 1. The molecular weight excluding hydrogens is 326 g/mol. The van der Waals surface area contributed by atoms with Gasteiger partial charge in [0.05, 0.1) is 12.3 Å². The van der Waals surface area contributed by atoms with Crippen molar-refractivity contribution >= 4 is 17.8 Å². The van der Waals surface area contributed by atoms with Crippen molar-refractivity contribution in [1.29, 1.82) is 0 Å². The molecule has 0 spiro atoms. The maximum absolute atomic E-state index is 12.9. The average Bonchev–Trinajstić information content (AvgIpc) is 2.71. The van der Waals surface area contributed by atoms with Gasteiger partial charge in [-0.2, -0.15) is 5.10 Å². The lowest BCUT2D eigenvalue weighted by molar-refractivity contribution is -0.134. The highest BCUT2D eigenvalue weighted by Gasteiger charge is 2.30. The largest absolute Gasteiger partial charge is 0.383 e. The lowest BCUT2D eigenvalue weighted by Gasteiger charge is -2.27. The minimum absolute atomic E-state index is 0.123. The molecule has 4 amide bonds. The number of hydrogen-bond donors (Lipinski definition) is 2. The fraction of sp³-hybridized carbons (Fsp3) is 0.625. The van der Waals surface area contributed by atoms with Gasteiger partial charge in [0.2, 0.25) is 11.8 Å². The number of nitrogens with one attached hydrogen (secondary N) is 2. The van der Waals surface area contributed by atoms with E-state index in [1.165, 1.54) is 0 Å². The Kier molecular flexibility index (Phi) is 6.13. The molecule has 1 aliphatic heterocycles. The molecule has 1 saturated heterocycles. The summed E-state index contributed by atoms with van der Waals surface area (Å²) in [5.74, 6) is -0.611. The lowest BCUT2D eigenvalue weighted by atomic mass is 10.1. The number of hydrogen-bond acceptors (Lipinski definition) is 5. The number of carbonyl (C=O) groups is 3. The number of carbonyl (C=O) groups excluding carboxylic acids is 3. The van der Waals surface area contributed by atoms with Crippen molar-refractivity contribution in [2.24, 2.45) is 7.05 Å². The summed E-state index contributed by atoms with van der Waals surface area (Å²) < 4.78 is 6.88. The van der Waals surface area contributed by atoms with Gasteiger partial charge >= 0.3 is 6.03 Å². The van der Waals surface area contributed by atoms with E-state index < -0.39 is 12.1 Å². The standard InChI is InChI=1S/C16H25N5O4/c1-10-12(11(2)20(3)19-10)9-21(7-8-25-4)15(23)13-5-6-14(22)18-16(24)17-13/h13H,5-9H2,1-4H3,(H2,17,18,22,24)/t13-/m1/s1. The smallest absolute Gasteiger partial charge is 0.322 e. The Hall–Kier alpha value is -2.42. The molecule has 1 aliphatic rings. The Balaban J connectivity index is 2.19. The lowest BCUT2D eigenvalue weighted by Crippen LogP contribution is -2.50. The zero-order chi connectivity index (χ0) is 18.6. The number of ether oxygens (including phenoxy) is 1. The molecule has 25 heavy (non-hydrogen) atoms. The number of rotatable bonds is 6. The van der Waals surface area contributed by atoms with Crippen LogP contribution in [0, 0.1) is 13.8 Å². The van der Waals surface area contributed by atoms with Gasteiger partial charge in [0, 0.05) is 44.9 Å². The van der Waals surface area contributed by atoms with Gasteiger partial charge < -0.3 is 15.0 Å². The highest BCUT2D eigenvalue weighted by atomic mass is 16.5. The van der Waals surface area contributed by atoms with E-state index in [2.05, 4.69) is 15.7 Å². The summed E-state index contributed by atoms with van der Waals surface area (Å²) in [6.07, 6.45) is 0.392. The summed E-state index contributed by atoms with van der Waals surface area (Å²) in [6, 6.07) is -1.37. The van der Waals surface area contributed by atoms with Crippen LogP contribution in [-0.2, 0) is 27.9 Å². The second-order valence-electron chi connectivity index (χ2n) is 6.14. The zero-order valence-electron chi connectivity index (χ0n) is 15.1. The van der Waals surface area contributed by atoms with Crippen LogP contribution in [0.2, 0.25) is 0 Å². The predicted molar refractivity (Wildman–Crippen MR) is 89.7 cm³/mol. The van der Waals surface area contributed by atoms with Crippen LogP contribution in [0.3, 0.4) is 0 Å². The van der Waals surface area contributed by atoms with Crippen molar-refractivity contribution in [3.63, 3.8) is 0 Å². The van der Waals surface area contributed by atoms with Gasteiger partial charge in [-0.25, -0.2) is 4.79 Å². The molecule has 9 nitrogen and oxygen atoms in total. The van der Waals surface area contributed by atoms with Crippen LogP contribution >= 0.6 is 0 Å². The first-order valence-corrected chi connectivity index (χ1v) is 8.20. The molecule has 0 unspecified atom stereocenters. The summed E-state index contributed by atoms with van der Waals surface area (Å²) >= 11 is 0. The molecule has 2 rings (SSSR count). The summed E-state index contributed by atoms with van der Waals surface area (Å²) in [4.78, 5) is 37.7. The molecule has 1 aromatic heterocycles. The number of urea groups is 1. The van der Waals surface area contributed by atoms with Gasteiger partial charge in [0.1, 0.15) is 6.04 Å². The first-order valence-electron chi connectivity index (χ1n) is 8.20. The van der Waals surface area contributed by atoms with Gasteiger partial charge in [-0.3, -0.25) is 19.6 Å². The highest BCUT2D eigenvalue weighted by molar-refractivity contribution is 5.98. The zero-order valence-corrected chi connectivity index (χ0v) is 15.1. The van der Waals surface area contributed by atoms with Gasteiger partial charge in [0.15, 0.2) is 0 Å². The molecule has 1 aromatic rings. The van der Waals surface area contributed by atoms with Crippen LogP contribution in [0.5, 0.6) is 0 Å². The molecule has 1 atom stereocenters. The minimum atomic E-state index is -0.736. The Labute approximate surface area is 146 Å². The maximum atomic E-state index is 12.9. The van der Waals surface area contributed by atoms with Crippen LogP contribution in [0.4, 0.5) is 4.79 Å². The van der Waals surface area contributed by atoms with Crippen molar-refractivity contribution in [1.82, 2.24) is 25.3 Å². The molecule has 1 fully saturated rings. The molecule has 0 aromatic carbocycles. The van der Waals surface area contributed by atoms with Gasteiger partial charge in [-0.1, -0.05) is 0 Å². The van der Waals surface area contributed by atoms with Crippen LogP contribution in [0.25, 0.3) is 0 Å². The summed E-state index contributed by atoms with van der Waals surface area (Å²) in [5, 5.41) is 9.12. The van der Waals surface area contributed by atoms with E-state index in [9.17, 15) is 14.4 Å². The topological polar surface area (TPSA) is 106 Å². The number of methoxy groups -OCH3 is 1. The average molecular weight is 351 g/mol. The molecule has 2 heterocycles. The fourth-order valence-corrected chi connectivity index (χ4v) is 2.84. The Morgan fingerprint density at radius 2 is 2.12 bits per heavy atom. The van der Waals surface area contributed by atoms with Crippen LogP contribution in [0.1, 0.15) is 29.8 Å². The third kappa shape index (κ3) is 4.56. The van der Waals surface area contributed by atoms with E-state index in [0.29, 0.717) is 19.7 Å². The molecule has 2 N–H and O–H groups in total. The Morgan fingerprint density at radius 3 is 2.72 bits per heavy atom. The number of nitrogens with zero attached hydrogens (tertiary/aromatic N) is 3. The molecule has 9 heteroatoms. The summed E-state index contributed by atoms with van der Waals surface area (Å²) in [7, 11) is 3.43. The third-order valence-electron chi connectivity index (χ3n) is 4.40. The van der Waals surface area contributed by atoms with E-state index in [4.69, 9.17) is 4.74 Å². The van der Waals surface area contributed by atoms with Crippen molar-refractivity contribution in [2.75, 3.05) is 20.3 Å². The molecule has 0 aliphatic carbocycles. The van der Waals surface area contributed by atoms with Gasteiger partial charge in [-0.15, -0.1) is 0 Å². The van der Waals surface area contributed by atoms with E-state index in [1.54, 1.807) is 16.7 Å². The minimum Gasteiger partial charge on any atom is -0.383 e. The molecule has 138 valence electrons. The number of aryl methyl sites for hydroxylation is 2. The van der Waals surface area contributed by atoms with E-state index in [1.807, 2.05) is 20.9 Å². The van der Waals surface area contributed by atoms with Crippen LogP contribution in [0.15, 0.2) is 0 Å². The quantitative estimate of drug-likeness (QED) is 0.750. The van der Waals surface area contributed by atoms with E-state index in [-0.39, 0.29) is 24.7 Å². The number of amides is 4. The Morgan fingerprint density at radius 1 is 1.40 bits per heavy atom. The number of aromatic nitrogens is 2. The van der Waals surface area contributed by atoms with Gasteiger partial charge in [0.25, 0.3) is 0 Å². The van der Waals surface area contributed by atoms with Crippen molar-refractivity contribution in [2.45, 2.75) is 39.3 Å². The second-order valence-corrected chi connectivity index (χ2v) is 6.14. The first-order chi connectivity index (χ1) is 11.8. The molecule has 0 radical (unpaired) electrons. The monoisotopic (exact) mass is 351 g/mol. The molecular formula is C16H25N5O4. The maximum Gasteiger partial charge on any atom is 0.322 e. The van der Waals surface area contributed by atoms with Crippen molar-refractivity contribution in [3.8, 4) is 0 Å². The Bertz CT molecular complexity index is 670. The normalized spacial score (nSPS) is 17.7. The summed E-state index contributed by atoms with van der Waals surface area (Å²) in [6.45, 7) is 4.99. The van der Waals surface area contributed by atoms with Crippen LogP contribution < -0.4 is 10.6 Å². The first kappa shape index (κ1) is 18.9. The van der Waals surface area contributed by atoms with E-state index in [0.717, 1.165) is 17.0 Å². The van der Waals surface area contributed by atoms with Crippen molar-refractivity contribution < 1.29 is 19.1 Å². The van der Waals surface area contributed by atoms with E-state index >= 15 is 0 Å². The third-order valence-corrected chi connectivity index (χ3v) is 4.40. The fourth-order valence-electron chi connectivity index (χ4n) is 2.84. The SMILES string of the molecule is COCCN(Cc1c(C)nn(C)c1C)C(=O)[C@H]1CCC(=O)NC(=O)N1.